The van der Waals surface area contributed by atoms with Gasteiger partial charge in [-0.25, -0.2) is 8.78 Å². The number of carbonyl (C=O) groups is 2. The van der Waals surface area contributed by atoms with Gasteiger partial charge in [0.25, 0.3) is 5.91 Å². The fourth-order valence-electron chi connectivity index (χ4n) is 4.36. The minimum absolute atomic E-state index is 0.0167. The van der Waals surface area contributed by atoms with Crippen molar-refractivity contribution in [3.8, 4) is 11.5 Å². The number of benzene rings is 2. The van der Waals surface area contributed by atoms with E-state index in [1.807, 2.05) is 0 Å². The topological polar surface area (TPSA) is 65.1 Å². The summed E-state index contributed by atoms with van der Waals surface area (Å²) < 4.78 is 44.2. The summed E-state index contributed by atoms with van der Waals surface area (Å²) in [7, 11) is 0. The van der Waals surface area contributed by atoms with Crippen LogP contribution in [0, 0.1) is 17.0 Å². The van der Waals surface area contributed by atoms with Gasteiger partial charge in [-0.05, 0) is 56.0 Å². The van der Waals surface area contributed by atoms with Gasteiger partial charge < -0.3 is 19.1 Å². The average molecular weight is 445 g/mol. The third-order valence-electron chi connectivity index (χ3n) is 5.91. The van der Waals surface area contributed by atoms with E-state index in [2.05, 4.69) is 0 Å². The molecule has 2 aliphatic rings. The Morgan fingerprint density at radius 3 is 2.62 bits per heavy atom. The number of hydrogen-bond acceptors (Lipinski definition) is 5. The SMILES string of the molecule is CCOC(=O)[C@@]1(Cc2ccc(F)cc2F)CCCN(C(=O)c2ccc3c(c2)OCCO3)C1. The predicted molar refractivity (Wildman–Crippen MR) is 112 cm³/mol. The molecular weight excluding hydrogens is 420 g/mol. The van der Waals surface area contributed by atoms with E-state index in [0.717, 1.165) is 12.1 Å². The molecule has 1 fully saturated rings. The monoisotopic (exact) mass is 445 g/mol. The van der Waals surface area contributed by atoms with Crippen molar-refractivity contribution >= 4 is 11.9 Å². The maximum absolute atomic E-state index is 14.4. The lowest BCUT2D eigenvalue weighted by Crippen LogP contribution is -2.51. The Kier molecular flexibility index (Phi) is 6.30. The van der Waals surface area contributed by atoms with Crippen LogP contribution in [0.25, 0.3) is 0 Å². The van der Waals surface area contributed by atoms with E-state index >= 15 is 0 Å². The number of halogens is 2. The third-order valence-corrected chi connectivity index (χ3v) is 5.91. The predicted octanol–water partition coefficient (Wildman–Crippen LogP) is 3.76. The van der Waals surface area contributed by atoms with Crippen molar-refractivity contribution in [2.24, 2.45) is 5.41 Å². The first-order valence-electron chi connectivity index (χ1n) is 10.7. The summed E-state index contributed by atoms with van der Waals surface area (Å²) in [6.45, 7) is 3.27. The Morgan fingerprint density at radius 2 is 1.88 bits per heavy atom. The molecule has 1 saturated heterocycles. The Labute approximate surface area is 185 Å². The van der Waals surface area contributed by atoms with E-state index in [1.165, 1.54) is 6.07 Å². The van der Waals surface area contributed by atoms with Crippen LogP contribution in [0.5, 0.6) is 11.5 Å². The number of hydrogen-bond donors (Lipinski definition) is 0. The van der Waals surface area contributed by atoms with Crippen LogP contribution in [0.3, 0.4) is 0 Å². The number of ether oxygens (including phenoxy) is 3. The van der Waals surface area contributed by atoms with Crippen LogP contribution in [0.1, 0.15) is 35.7 Å². The average Bonchev–Trinajstić information content (AvgIpc) is 2.80. The van der Waals surface area contributed by atoms with Gasteiger partial charge in [0.15, 0.2) is 11.5 Å². The van der Waals surface area contributed by atoms with Gasteiger partial charge in [0, 0.05) is 24.7 Å². The summed E-state index contributed by atoms with van der Waals surface area (Å²) in [5, 5.41) is 0. The standard InChI is InChI=1S/C24H25F2NO5/c1-2-30-23(29)24(14-17-4-6-18(25)13-19(17)26)8-3-9-27(15-24)22(28)16-5-7-20-21(12-16)32-11-10-31-20/h4-7,12-13H,2-3,8-11,14-15H2,1H3/t24-/m1/s1. The molecular formula is C24H25F2NO5. The molecule has 0 unspecified atom stereocenters. The highest BCUT2D eigenvalue weighted by molar-refractivity contribution is 5.95. The lowest BCUT2D eigenvalue weighted by molar-refractivity contribution is -0.158. The molecule has 2 aliphatic heterocycles. The normalized spacial score (nSPS) is 20.0. The number of nitrogens with zero attached hydrogens (tertiary/aromatic N) is 1. The highest BCUT2D eigenvalue weighted by atomic mass is 19.1. The summed E-state index contributed by atoms with van der Waals surface area (Å²) in [5.41, 5.74) is -0.480. The van der Waals surface area contributed by atoms with Crippen molar-refractivity contribution in [3.63, 3.8) is 0 Å². The molecule has 0 radical (unpaired) electrons. The summed E-state index contributed by atoms with van der Waals surface area (Å²) in [6.07, 6.45) is 1.01. The van der Waals surface area contributed by atoms with Crippen LogP contribution in [-0.4, -0.2) is 49.7 Å². The molecule has 0 aliphatic carbocycles. The number of rotatable bonds is 5. The van der Waals surface area contributed by atoms with Gasteiger partial charge in [-0.2, -0.15) is 0 Å². The van der Waals surface area contributed by atoms with Crippen LogP contribution in [0.2, 0.25) is 0 Å². The van der Waals surface area contributed by atoms with E-state index in [-0.39, 0.29) is 31.0 Å². The van der Waals surface area contributed by atoms with Crippen molar-refractivity contribution < 1.29 is 32.6 Å². The van der Waals surface area contributed by atoms with Crippen molar-refractivity contribution in [2.45, 2.75) is 26.2 Å². The maximum atomic E-state index is 14.4. The molecule has 0 bridgehead atoms. The second-order valence-electron chi connectivity index (χ2n) is 8.10. The van der Waals surface area contributed by atoms with Gasteiger partial charge in [-0.15, -0.1) is 0 Å². The molecule has 1 atom stereocenters. The molecule has 6 nitrogen and oxygen atoms in total. The number of carbonyl (C=O) groups excluding carboxylic acids is 2. The zero-order chi connectivity index (χ0) is 22.7. The molecule has 170 valence electrons. The van der Waals surface area contributed by atoms with Crippen molar-refractivity contribution in [1.82, 2.24) is 4.90 Å². The van der Waals surface area contributed by atoms with Crippen LogP contribution >= 0.6 is 0 Å². The van der Waals surface area contributed by atoms with Gasteiger partial charge in [0.1, 0.15) is 24.8 Å². The number of piperidine rings is 1. The molecule has 32 heavy (non-hydrogen) atoms. The van der Waals surface area contributed by atoms with Gasteiger partial charge in [-0.3, -0.25) is 9.59 Å². The van der Waals surface area contributed by atoms with Gasteiger partial charge in [-0.1, -0.05) is 6.07 Å². The Balaban J connectivity index is 1.61. The fraction of sp³-hybridized carbons (Fsp3) is 0.417. The maximum Gasteiger partial charge on any atom is 0.314 e. The zero-order valence-corrected chi connectivity index (χ0v) is 17.9. The van der Waals surface area contributed by atoms with Crippen LogP contribution in [0.4, 0.5) is 8.78 Å². The molecule has 0 saturated carbocycles. The van der Waals surface area contributed by atoms with Gasteiger partial charge in [0.2, 0.25) is 0 Å². The number of amides is 1. The van der Waals surface area contributed by atoms with Gasteiger partial charge >= 0.3 is 5.97 Å². The highest BCUT2D eigenvalue weighted by Crippen LogP contribution is 2.37. The molecule has 2 aromatic rings. The minimum atomic E-state index is -1.11. The molecule has 0 N–H and O–H groups in total. The lowest BCUT2D eigenvalue weighted by Gasteiger charge is -2.41. The summed E-state index contributed by atoms with van der Waals surface area (Å²) in [6, 6.07) is 8.30. The van der Waals surface area contributed by atoms with E-state index in [4.69, 9.17) is 14.2 Å². The van der Waals surface area contributed by atoms with E-state index < -0.39 is 23.0 Å². The summed E-state index contributed by atoms with van der Waals surface area (Å²) in [5.74, 6) is -1.05. The summed E-state index contributed by atoms with van der Waals surface area (Å²) >= 11 is 0. The molecule has 2 aromatic carbocycles. The van der Waals surface area contributed by atoms with E-state index in [9.17, 15) is 18.4 Å². The number of esters is 1. The molecule has 4 rings (SSSR count). The Hall–Kier alpha value is -3.16. The Bertz CT molecular complexity index is 1030. The molecule has 0 spiro atoms. The van der Waals surface area contributed by atoms with E-state index in [0.29, 0.717) is 49.7 Å². The second kappa shape index (κ2) is 9.14. The van der Waals surface area contributed by atoms with Gasteiger partial charge in [0.05, 0.1) is 12.0 Å². The highest BCUT2D eigenvalue weighted by Gasteiger charge is 2.45. The smallest absolute Gasteiger partial charge is 0.314 e. The molecule has 8 heteroatoms. The van der Waals surface area contributed by atoms with Crippen LogP contribution < -0.4 is 9.47 Å². The first-order chi connectivity index (χ1) is 15.4. The molecule has 1 amide bonds. The minimum Gasteiger partial charge on any atom is -0.486 e. The van der Waals surface area contributed by atoms with Crippen molar-refractivity contribution in [1.29, 1.82) is 0 Å². The van der Waals surface area contributed by atoms with Crippen molar-refractivity contribution in [3.05, 3.63) is 59.2 Å². The third kappa shape index (κ3) is 4.40. The number of fused-ring (bicyclic) bond motifs is 1. The summed E-state index contributed by atoms with van der Waals surface area (Å²) in [4.78, 5) is 27.9. The molecule has 0 aromatic heterocycles. The first kappa shape index (κ1) is 22.0. The number of likely N-dealkylation sites (tertiary alicyclic amines) is 1. The van der Waals surface area contributed by atoms with Crippen LogP contribution in [-0.2, 0) is 16.0 Å². The van der Waals surface area contributed by atoms with Crippen molar-refractivity contribution in [2.75, 3.05) is 32.9 Å². The quantitative estimate of drug-likeness (QED) is 0.656. The molecule has 2 heterocycles. The Morgan fingerprint density at radius 1 is 1.09 bits per heavy atom. The second-order valence-corrected chi connectivity index (χ2v) is 8.10. The van der Waals surface area contributed by atoms with E-state index in [1.54, 1.807) is 30.0 Å². The van der Waals surface area contributed by atoms with Crippen LogP contribution in [0.15, 0.2) is 36.4 Å². The lowest BCUT2D eigenvalue weighted by atomic mass is 9.74. The zero-order valence-electron chi connectivity index (χ0n) is 17.9. The first-order valence-corrected chi connectivity index (χ1v) is 10.7. The largest absolute Gasteiger partial charge is 0.486 e. The fourth-order valence-corrected chi connectivity index (χ4v) is 4.36.